The van der Waals surface area contributed by atoms with Crippen molar-refractivity contribution in [1.82, 2.24) is 0 Å². The fraction of sp³-hybridized carbons (Fsp3) is 0.379. The Balaban J connectivity index is 1.82. The van der Waals surface area contributed by atoms with Gasteiger partial charge in [0.05, 0.1) is 6.61 Å². The fourth-order valence-electron chi connectivity index (χ4n) is 3.60. The Hall–Kier alpha value is -2.54. The van der Waals surface area contributed by atoms with Crippen molar-refractivity contribution in [3.63, 3.8) is 0 Å². The van der Waals surface area contributed by atoms with E-state index in [0.717, 1.165) is 25.2 Å². The molecule has 0 radical (unpaired) electrons. The smallest absolute Gasteiger partial charge is 0.119 e. The molecule has 3 aromatic rings. The molecule has 0 bridgehead atoms. The first-order chi connectivity index (χ1) is 14.3. The van der Waals surface area contributed by atoms with Gasteiger partial charge in [0.2, 0.25) is 0 Å². The first-order valence-corrected chi connectivity index (χ1v) is 11.3. The SMILES string of the molecule is CCc1cc(-c2ccc(C(C)(C)C)cc2)ccc1-c1ccc(OCC(C)CC)cc1. The molecular formula is C29H36O. The highest BCUT2D eigenvalue weighted by Crippen LogP contribution is 2.32. The molecule has 3 rings (SSSR count). The number of rotatable bonds is 7. The van der Waals surface area contributed by atoms with Gasteiger partial charge >= 0.3 is 0 Å². The third-order valence-corrected chi connectivity index (χ3v) is 5.97. The fourth-order valence-corrected chi connectivity index (χ4v) is 3.60. The van der Waals surface area contributed by atoms with Crippen molar-refractivity contribution in [3.05, 3.63) is 77.9 Å². The summed E-state index contributed by atoms with van der Waals surface area (Å²) in [6, 6.07) is 24.4. The third-order valence-electron chi connectivity index (χ3n) is 5.97. The van der Waals surface area contributed by atoms with E-state index in [9.17, 15) is 0 Å². The lowest BCUT2D eigenvalue weighted by molar-refractivity contribution is 0.256. The Morgan fingerprint density at radius 3 is 1.93 bits per heavy atom. The van der Waals surface area contributed by atoms with Gasteiger partial charge in [-0.3, -0.25) is 0 Å². The van der Waals surface area contributed by atoms with Crippen molar-refractivity contribution in [2.45, 2.75) is 59.8 Å². The minimum Gasteiger partial charge on any atom is -0.493 e. The van der Waals surface area contributed by atoms with Gasteiger partial charge in [-0.25, -0.2) is 0 Å². The maximum absolute atomic E-state index is 5.92. The van der Waals surface area contributed by atoms with E-state index in [2.05, 4.69) is 108 Å². The Labute approximate surface area is 183 Å². The van der Waals surface area contributed by atoms with Gasteiger partial charge in [-0.15, -0.1) is 0 Å². The van der Waals surface area contributed by atoms with E-state index in [-0.39, 0.29) is 5.41 Å². The molecular weight excluding hydrogens is 364 g/mol. The van der Waals surface area contributed by atoms with Gasteiger partial charge in [0.15, 0.2) is 0 Å². The first kappa shape index (κ1) is 22.2. The van der Waals surface area contributed by atoms with Crippen LogP contribution < -0.4 is 4.74 Å². The minimum absolute atomic E-state index is 0.182. The zero-order valence-corrected chi connectivity index (χ0v) is 19.5. The van der Waals surface area contributed by atoms with Gasteiger partial charge in [-0.1, -0.05) is 103 Å². The first-order valence-electron chi connectivity index (χ1n) is 11.3. The van der Waals surface area contributed by atoms with Gasteiger partial charge in [0.25, 0.3) is 0 Å². The molecule has 3 aromatic carbocycles. The van der Waals surface area contributed by atoms with E-state index < -0.39 is 0 Å². The van der Waals surface area contributed by atoms with Crippen LogP contribution in [0.1, 0.15) is 59.1 Å². The Morgan fingerprint density at radius 2 is 1.37 bits per heavy atom. The van der Waals surface area contributed by atoms with E-state index >= 15 is 0 Å². The third kappa shape index (κ3) is 5.33. The Morgan fingerprint density at radius 1 is 0.767 bits per heavy atom. The van der Waals surface area contributed by atoms with Crippen LogP contribution in [0.5, 0.6) is 5.75 Å². The predicted octanol–water partition coefficient (Wildman–Crippen LogP) is 8.31. The second-order valence-electron chi connectivity index (χ2n) is 9.40. The summed E-state index contributed by atoms with van der Waals surface area (Å²) >= 11 is 0. The largest absolute Gasteiger partial charge is 0.493 e. The molecule has 0 N–H and O–H groups in total. The molecule has 0 amide bonds. The lowest BCUT2D eigenvalue weighted by atomic mass is 9.86. The number of benzene rings is 3. The maximum Gasteiger partial charge on any atom is 0.119 e. The summed E-state index contributed by atoms with van der Waals surface area (Å²) in [6.07, 6.45) is 2.15. The van der Waals surface area contributed by atoms with E-state index in [0.29, 0.717) is 5.92 Å². The summed E-state index contributed by atoms with van der Waals surface area (Å²) in [5, 5.41) is 0. The molecule has 1 unspecified atom stereocenters. The zero-order chi connectivity index (χ0) is 21.7. The standard InChI is InChI=1S/C29H36O/c1-7-21(3)20-30-27-16-11-24(12-17-27)28-18-13-25(19-22(28)8-2)23-9-14-26(15-10-23)29(4,5)6/h9-19,21H,7-8,20H2,1-6H3. The zero-order valence-electron chi connectivity index (χ0n) is 19.5. The van der Waals surface area contributed by atoms with Crippen molar-refractivity contribution in [2.75, 3.05) is 6.61 Å². The number of ether oxygens (including phenoxy) is 1. The summed E-state index contributed by atoms with van der Waals surface area (Å²) in [5.74, 6) is 1.54. The van der Waals surface area contributed by atoms with Crippen molar-refractivity contribution in [3.8, 4) is 28.0 Å². The van der Waals surface area contributed by atoms with Gasteiger partial charge in [-0.05, 0) is 63.3 Å². The molecule has 0 heterocycles. The summed E-state index contributed by atoms with van der Waals surface area (Å²) in [5.41, 5.74) is 8.04. The van der Waals surface area contributed by atoms with Gasteiger partial charge < -0.3 is 4.74 Å². The van der Waals surface area contributed by atoms with Crippen LogP contribution in [0.2, 0.25) is 0 Å². The number of hydrogen-bond acceptors (Lipinski definition) is 1. The quantitative estimate of drug-likeness (QED) is 0.387. The second-order valence-corrected chi connectivity index (χ2v) is 9.40. The summed E-state index contributed by atoms with van der Waals surface area (Å²) in [7, 11) is 0. The highest BCUT2D eigenvalue weighted by molar-refractivity contribution is 5.74. The normalized spacial score (nSPS) is 12.6. The molecule has 0 fully saturated rings. The maximum atomic E-state index is 5.92. The topological polar surface area (TPSA) is 9.23 Å². The highest BCUT2D eigenvalue weighted by Gasteiger charge is 2.13. The van der Waals surface area contributed by atoms with Gasteiger partial charge in [0, 0.05) is 0 Å². The van der Waals surface area contributed by atoms with Crippen molar-refractivity contribution in [1.29, 1.82) is 0 Å². The average Bonchev–Trinajstić information content (AvgIpc) is 2.77. The van der Waals surface area contributed by atoms with Gasteiger partial charge in [0.1, 0.15) is 5.75 Å². The molecule has 0 aliphatic rings. The van der Waals surface area contributed by atoms with Crippen molar-refractivity contribution >= 4 is 0 Å². The predicted molar refractivity (Wildman–Crippen MR) is 130 cm³/mol. The van der Waals surface area contributed by atoms with Crippen LogP contribution in [0.15, 0.2) is 66.7 Å². The Kier molecular flexibility index (Phi) is 7.02. The van der Waals surface area contributed by atoms with Crippen LogP contribution >= 0.6 is 0 Å². The molecule has 0 aromatic heterocycles. The van der Waals surface area contributed by atoms with Crippen LogP contribution in [0, 0.1) is 5.92 Å². The molecule has 0 aliphatic carbocycles. The molecule has 1 heteroatoms. The van der Waals surface area contributed by atoms with Crippen LogP contribution in [-0.2, 0) is 11.8 Å². The molecule has 1 nitrogen and oxygen atoms in total. The molecule has 30 heavy (non-hydrogen) atoms. The van der Waals surface area contributed by atoms with Crippen molar-refractivity contribution < 1.29 is 4.74 Å². The lowest BCUT2D eigenvalue weighted by Crippen LogP contribution is -2.10. The average molecular weight is 401 g/mol. The van der Waals surface area contributed by atoms with E-state index in [1.54, 1.807) is 0 Å². The van der Waals surface area contributed by atoms with E-state index in [1.165, 1.54) is 33.4 Å². The monoisotopic (exact) mass is 400 g/mol. The van der Waals surface area contributed by atoms with Crippen LogP contribution in [0.25, 0.3) is 22.3 Å². The lowest BCUT2D eigenvalue weighted by Gasteiger charge is -2.19. The number of hydrogen-bond donors (Lipinski definition) is 0. The molecule has 0 saturated carbocycles. The molecule has 158 valence electrons. The van der Waals surface area contributed by atoms with Crippen LogP contribution in [-0.4, -0.2) is 6.61 Å². The van der Waals surface area contributed by atoms with E-state index in [1.807, 2.05) is 0 Å². The summed E-state index contributed by atoms with van der Waals surface area (Å²) in [4.78, 5) is 0. The highest BCUT2D eigenvalue weighted by atomic mass is 16.5. The number of aryl methyl sites for hydroxylation is 1. The summed E-state index contributed by atoms with van der Waals surface area (Å²) in [6.45, 7) is 14.2. The molecule has 0 saturated heterocycles. The summed E-state index contributed by atoms with van der Waals surface area (Å²) < 4.78 is 5.92. The van der Waals surface area contributed by atoms with Gasteiger partial charge in [-0.2, -0.15) is 0 Å². The van der Waals surface area contributed by atoms with E-state index in [4.69, 9.17) is 4.74 Å². The Bertz CT molecular complexity index is 943. The molecule has 0 aliphatic heterocycles. The second kappa shape index (κ2) is 9.51. The van der Waals surface area contributed by atoms with Crippen LogP contribution in [0.3, 0.4) is 0 Å². The van der Waals surface area contributed by atoms with Crippen molar-refractivity contribution in [2.24, 2.45) is 5.92 Å². The minimum atomic E-state index is 0.182. The molecule has 0 spiro atoms. The van der Waals surface area contributed by atoms with Crippen LogP contribution in [0.4, 0.5) is 0 Å². The molecule has 1 atom stereocenters.